The minimum atomic E-state index is -4.59. The molecule has 0 radical (unpaired) electrons. The van der Waals surface area contributed by atoms with Crippen molar-refractivity contribution in [2.24, 2.45) is 26.1 Å². The molecule has 0 amide bonds. The summed E-state index contributed by atoms with van der Waals surface area (Å²) in [5, 5.41) is 25.2. The topological polar surface area (TPSA) is 230 Å². The van der Waals surface area contributed by atoms with Gasteiger partial charge in [-0.1, -0.05) is 0 Å². The quantitative estimate of drug-likeness (QED) is 0.260. The van der Waals surface area contributed by atoms with Crippen LogP contribution in [0.15, 0.2) is 49.5 Å². The number of aromatic amines is 1. The second kappa shape index (κ2) is 8.54. The summed E-state index contributed by atoms with van der Waals surface area (Å²) in [5.41, 5.74) is 5.22. The van der Waals surface area contributed by atoms with Crippen molar-refractivity contribution in [3.05, 3.63) is 30.1 Å². The Labute approximate surface area is 171 Å². The average molecular weight is 457 g/mol. The van der Waals surface area contributed by atoms with E-state index in [0.717, 1.165) is 6.07 Å². The number of aliphatic imine (C=N–C) groups is 1. The summed E-state index contributed by atoms with van der Waals surface area (Å²) in [6.07, 6.45) is 1.83. The maximum Gasteiger partial charge on any atom is 0.242 e. The van der Waals surface area contributed by atoms with Crippen LogP contribution in [0.1, 0.15) is 5.56 Å². The summed E-state index contributed by atoms with van der Waals surface area (Å²) in [5.74, 6) is 0.138. The molecule has 2 heterocycles. The van der Waals surface area contributed by atoms with Gasteiger partial charge in [0.15, 0.2) is 12.5 Å². The predicted octanol–water partition coefficient (Wildman–Crippen LogP) is -1.43. The highest BCUT2D eigenvalue weighted by atomic mass is 32.2. The van der Waals surface area contributed by atoms with Gasteiger partial charge in [0.25, 0.3) is 0 Å². The Hall–Kier alpha value is -2.76. The van der Waals surface area contributed by atoms with Crippen LogP contribution in [0.3, 0.4) is 0 Å². The van der Waals surface area contributed by atoms with E-state index in [2.05, 4.69) is 35.2 Å². The molecule has 0 fully saturated rings. The molecular weight excluding hydrogens is 438 g/mol. The number of azo groups is 1. The molecule has 1 aromatic carbocycles. The van der Waals surface area contributed by atoms with E-state index in [4.69, 9.17) is 10.9 Å². The molecule has 1 aliphatic heterocycles. The van der Waals surface area contributed by atoms with E-state index in [-0.39, 0.29) is 36.2 Å². The first-order valence-corrected chi connectivity index (χ1v) is 11.4. The molecular formula is C14H19N9O5S2. The van der Waals surface area contributed by atoms with Crippen molar-refractivity contribution < 1.29 is 21.9 Å². The van der Waals surface area contributed by atoms with Crippen LogP contribution in [0.2, 0.25) is 0 Å². The van der Waals surface area contributed by atoms with E-state index in [0.29, 0.717) is 0 Å². The Morgan fingerprint density at radius 3 is 2.60 bits per heavy atom. The normalized spacial score (nSPS) is 15.2. The summed E-state index contributed by atoms with van der Waals surface area (Å²) >= 11 is 0. The molecule has 1 atom stereocenters. The highest BCUT2D eigenvalue weighted by molar-refractivity contribution is 7.92. The minimum Gasteiger partial charge on any atom is -0.390 e. The summed E-state index contributed by atoms with van der Waals surface area (Å²) < 4.78 is 52.6. The number of benzene rings is 1. The van der Waals surface area contributed by atoms with Crippen LogP contribution in [0.25, 0.3) is 0 Å². The van der Waals surface area contributed by atoms with E-state index >= 15 is 0 Å². The van der Waals surface area contributed by atoms with Crippen molar-refractivity contribution in [3.63, 3.8) is 0 Å². The lowest BCUT2D eigenvalue weighted by molar-refractivity contribution is 0.186. The lowest BCUT2D eigenvalue weighted by Gasteiger charge is -2.17. The fraction of sp³-hybridized carbons (Fsp3) is 0.286. The molecule has 0 spiro atoms. The minimum absolute atomic E-state index is 0.0580. The number of sulfonamides is 2. The Balaban J connectivity index is 2.22. The number of aliphatic hydroxyl groups excluding tert-OH is 1. The first kappa shape index (κ1) is 21.9. The van der Waals surface area contributed by atoms with Gasteiger partial charge in [0.1, 0.15) is 9.79 Å². The standard InChI is InChI=1S/C14H19N9O5S2/c15-5-8(24)6-21-30(27,28)10-2-1-9(22-14-17-3-4-18-14)11(12(10)29(16,25)26)13-19-7-20-23-13/h1-4,8,21,24H,5-7,15H2,(H2,16,25,26)(H2,17,18,22)/t8-/m1/s1. The summed E-state index contributed by atoms with van der Waals surface area (Å²) in [4.78, 5) is 9.40. The SMILES string of the molecule is NC[C@@H](O)CNS(=O)(=O)c1ccc(Nc2ncc[nH]2)c(C2=NCN=N2)c1S(N)(=O)=O. The molecule has 3 rings (SSSR count). The van der Waals surface area contributed by atoms with Crippen molar-refractivity contribution in [2.45, 2.75) is 15.9 Å². The average Bonchev–Trinajstić information content (AvgIpc) is 3.39. The van der Waals surface area contributed by atoms with Crippen molar-refractivity contribution in [3.8, 4) is 0 Å². The molecule has 2 aromatic rings. The molecule has 1 aromatic heterocycles. The third-order valence-corrected chi connectivity index (χ3v) is 6.49. The van der Waals surface area contributed by atoms with Gasteiger partial charge in [0, 0.05) is 25.5 Å². The summed E-state index contributed by atoms with van der Waals surface area (Å²) in [6, 6.07) is 2.37. The molecule has 162 valence electrons. The van der Waals surface area contributed by atoms with Crippen molar-refractivity contribution >= 4 is 37.5 Å². The Bertz CT molecular complexity index is 1190. The zero-order chi connectivity index (χ0) is 21.9. The maximum atomic E-state index is 12.8. The van der Waals surface area contributed by atoms with Gasteiger partial charge >= 0.3 is 0 Å². The van der Waals surface area contributed by atoms with Crippen molar-refractivity contribution in [2.75, 3.05) is 25.1 Å². The number of amidine groups is 1. The Morgan fingerprint density at radius 2 is 2.03 bits per heavy atom. The first-order valence-electron chi connectivity index (χ1n) is 8.40. The van der Waals surface area contributed by atoms with Gasteiger partial charge in [-0.2, -0.15) is 5.11 Å². The fourth-order valence-electron chi connectivity index (χ4n) is 2.57. The monoisotopic (exact) mass is 457 g/mol. The van der Waals surface area contributed by atoms with Gasteiger partial charge in [0.05, 0.1) is 17.4 Å². The number of H-pyrrole nitrogens is 1. The maximum absolute atomic E-state index is 12.8. The summed E-state index contributed by atoms with van der Waals surface area (Å²) in [7, 11) is -9.00. The van der Waals surface area contributed by atoms with E-state index in [1.54, 1.807) is 0 Å². The molecule has 0 unspecified atom stereocenters. The number of nitrogens with one attached hydrogen (secondary N) is 3. The number of aromatic nitrogens is 2. The van der Waals surface area contributed by atoms with Gasteiger partial charge in [0.2, 0.25) is 26.0 Å². The Kier molecular flexibility index (Phi) is 6.25. The van der Waals surface area contributed by atoms with E-state index in [1.807, 2.05) is 0 Å². The first-order chi connectivity index (χ1) is 14.1. The number of rotatable bonds is 9. The number of primary sulfonamides is 1. The molecule has 30 heavy (non-hydrogen) atoms. The molecule has 14 nitrogen and oxygen atoms in total. The summed E-state index contributed by atoms with van der Waals surface area (Å²) in [6.45, 7) is -0.679. The zero-order valence-corrected chi connectivity index (χ0v) is 17.0. The van der Waals surface area contributed by atoms with Gasteiger partial charge < -0.3 is 21.1 Å². The molecule has 1 aliphatic rings. The number of hydrogen-bond donors (Lipinski definition) is 6. The molecule has 0 aliphatic carbocycles. The van der Waals surface area contributed by atoms with Gasteiger partial charge in [-0.25, -0.2) is 36.7 Å². The number of nitrogens with two attached hydrogens (primary N) is 2. The highest BCUT2D eigenvalue weighted by Crippen LogP contribution is 2.33. The molecule has 0 saturated heterocycles. The van der Waals surface area contributed by atoms with Gasteiger partial charge in [-0.05, 0) is 12.1 Å². The predicted molar refractivity (Wildman–Crippen MR) is 106 cm³/mol. The Morgan fingerprint density at radius 1 is 1.27 bits per heavy atom. The fourth-order valence-corrected chi connectivity index (χ4v) is 5.24. The van der Waals surface area contributed by atoms with Crippen LogP contribution in [-0.4, -0.2) is 63.6 Å². The van der Waals surface area contributed by atoms with Crippen LogP contribution < -0.4 is 20.9 Å². The molecule has 8 N–H and O–H groups in total. The number of nitrogens with zero attached hydrogens (tertiary/aromatic N) is 4. The number of aliphatic hydroxyl groups is 1. The zero-order valence-electron chi connectivity index (χ0n) is 15.3. The van der Waals surface area contributed by atoms with E-state index < -0.39 is 42.5 Å². The lowest BCUT2D eigenvalue weighted by atomic mass is 10.1. The largest absolute Gasteiger partial charge is 0.390 e. The molecule has 0 bridgehead atoms. The van der Waals surface area contributed by atoms with Crippen LogP contribution in [0.4, 0.5) is 11.6 Å². The number of imidazole rings is 1. The van der Waals surface area contributed by atoms with Crippen LogP contribution in [0.5, 0.6) is 0 Å². The third kappa shape index (κ3) is 4.69. The van der Waals surface area contributed by atoms with Crippen LogP contribution in [0, 0.1) is 0 Å². The lowest BCUT2D eigenvalue weighted by Crippen LogP contribution is -2.37. The van der Waals surface area contributed by atoms with Crippen LogP contribution >= 0.6 is 0 Å². The van der Waals surface area contributed by atoms with Gasteiger partial charge in [-0.15, -0.1) is 5.11 Å². The smallest absolute Gasteiger partial charge is 0.242 e. The number of hydrogen-bond acceptors (Lipinski definition) is 11. The third-order valence-electron chi connectivity index (χ3n) is 3.90. The second-order valence-corrected chi connectivity index (χ2v) is 9.26. The van der Waals surface area contributed by atoms with E-state index in [1.165, 1.54) is 18.5 Å². The van der Waals surface area contributed by atoms with Gasteiger partial charge in [-0.3, -0.25) is 0 Å². The number of anilines is 2. The highest BCUT2D eigenvalue weighted by Gasteiger charge is 2.32. The molecule has 16 heteroatoms. The van der Waals surface area contributed by atoms with Crippen molar-refractivity contribution in [1.29, 1.82) is 0 Å². The molecule has 0 saturated carbocycles. The second-order valence-electron chi connectivity index (χ2n) is 6.03. The van der Waals surface area contributed by atoms with E-state index in [9.17, 15) is 21.9 Å². The van der Waals surface area contributed by atoms with Crippen molar-refractivity contribution in [1.82, 2.24) is 14.7 Å². The van der Waals surface area contributed by atoms with Crippen LogP contribution in [-0.2, 0) is 20.0 Å².